The Bertz CT molecular complexity index is 468. The number of benzene rings is 1. The summed E-state index contributed by atoms with van der Waals surface area (Å²) in [6, 6.07) is 7.68. The third kappa shape index (κ3) is 4.14. The maximum Gasteiger partial charge on any atom is 0.235 e. The highest BCUT2D eigenvalue weighted by Crippen LogP contribution is 2.25. The van der Waals surface area contributed by atoms with Crippen LogP contribution >= 0.6 is 0 Å². The number of hydrogen-bond donors (Lipinski definition) is 1. The first-order valence-electron chi connectivity index (χ1n) is 6.39. The molecule has 104 valence electrons. The highest BCUT2D eigenvalue weighted by molar-refractivity contribution is 7.84. The number of carbonyl (C=O) groups is 1. The lowest BCUT2D eigenvalue weighted by atomic mass is 10.2. The lowest BCUT2D eigenvalue weighted by Crippen LogP contribution is -2.32. The Kier molecular flexibility index (Phi) is 4.71. The molecule has 0 aromatic heterocycles. The van der Waals surface area contributed by atoms with Crippen LogP contribution in [0.1, 0.15) is 24.0 Å². The van der Waals surface area contributed by atoms with Crippen molar-refractivity contribution < 1.29 is 14.1 Å². The number of hydrogen-bond acceptors (Lipinski definition) is 3. The molecule has 19 heavy (non-hydrogen) atoms. The van der Waals surface area contributed by atoms with Gasteiger partial charge in [0, 0.05) is 29.6 Å². The van der Waals surface area contributed by atoms with E-state index in [-0.39, 0.29) is 18.3 Å². The molecule has 1 aromatic rings. The summed E-state index contributed by atoms with van der Waals surface area (Å²) in [7, 11) is 0.612. The monoisotopic (exact) mass is 281 g/mol. The zero-order valence-corrected chi connectivity index (χ0v) is 11.9. The van der Waals surface area contributed by atoms with Crippen LogP contribution in [0, 0.1) is 0 Å². The minimum absolute atomic E-state index is 0.00797. The smallest absolute Gasteiger partial charge is 0.235 e. The van der Waals surface area contributed by atoms with Crippen molar-refractivity contribution in [1.29, 1.82) is 0 Å². The summed E-state index contributed by atoms with van der Waals surface area (Å²) in [6.07, 6.45) is 2.13. The second kappa shape index (κ2) is 6.30. The minimum atomic E-state index is -1.17. The molecule has 0 heterocycles. The van der Waals surface area contributed by atoms with Gasteiger partial charge in [-0.3, -0.25) is 9.00 Å². The van der Waals surface area contributed by atoms with Gasteiger partial charge in [-0.1, -0.05) is 24.3 Å². The average Bonchev–Trinajstić information content (AvgIpc) is 3.22. The predicted molar refractivity (Wildman–Crippen MR) is 74.9 cm³/mol. The van der Waals surface area contributed by atoms with Crippen molar-refractivity contribution in [2.75, 3.05) is 12.8 Å². The van der Waals surface area contributed by atoms with Gasteiger partial charge in [0.2, 0.25) is 5.91 Å². The Morgan fingerprint density at radius 1 is 1.32 bits per heavy atom. The van der Waals surface area contributed by atoms with Crippen molar-refractivity contribution in [3.8, 4) is 0 Å². The van der Waals surface area contributed by atoms with Gasteiger partial charge in [0.1, 0.15) is 5.75 Å². The predicted octanol–water partition coefficient (Wildman–Crippen LogP) is 1.05. The summed E-state index contributed by atoms with van der Waals surface area (Å²) < 4.78 is 11.9. The van der Waals surface area contributed by atoms with Gasteiger partial charge in [-0.2, -0.15) is 0 Å². The van der Waals surface area contributed by atoms with E-state index < -0.39 is 10.8 Å². The largest absolute Gasteiger partial charge is 0.392 e. The number of amides is 1. The molecule has 1 aromatic carbocycles. The molecule has 0 radical (unpaired) electrons. The highest BCUT2D eigenvalue weighted by atomic mass is 32.2. The first kappa shape index (κ1) is 14.2. The molecule has 1 N–H and O–H groups in total. The molecule has 0 aliphatic heterocycles. The summed E-state index contributed by atoms with van der Waals surface area (Å²) >= 11 is 0. The van der Waals surface area contributed by atoms with E-state index in [2.05, 4.69) is 0 Å². The molecular weight excluding hydrogens is 262 g/mol. The molecule has 5 heteroatoms. The Morgan fingerprint density at radius 3 is 2.42 bits per heavy atom. The lowest BCUT2D eigenvalue weighted by molar-refractivity contribution is -0.127. The molecule has 1 atom stereocenters. The second-order valence-electron chi connectivity index (χ2n) is 4.94. The van der Waals surface area contributed by atoms with Crippen LogP contribution in [0.25, 0.3) is 0 Å². The van der Waals surface area contributed by atoms with Crippen LogP contribution in [0.4, 0.5) is 0 Å². The molecule has 0 bridgehead atoms. The number of carbonyl (C=O) groups excluding carboxylic acids is 1. The maximum atomic E-state index is 11.9. The highest BCUT2D eigenvalue weighted by Gasteiger charge is 2.29. The van der Waals surface area contributed by atoms with Crippen LogP contribution in [0.5, 0.6) is 0 Å². The number of aliphatic hydroxyl groups is 1. The van der Waals surface area contributed by atoms with Crippen molar-refractivity contribution >= 4 is 16.7 Å². The lowest BCUT2D eigenvalue weighted by Gasteiger charge is -2.15. The summed E-state index contributed by atoms with van der Waals surface area (Å²) in [4.78, 5) is 13.5. The van der Waals surface area contributed by atoms with E-state index in [1.165, 1.54) is 0 Å². The van der Waals surface area contributed by atoms with Crippen molar-refractivity contribution in [1.82, 2.24) is 4.90 Å². The average molecular weight is 281 g/mol. The third-order valence-corrected chi connectivity index (χ3v) is 4.53. The summed E-state index contributed by atoms with van der Waals surface area (Å²) in [5, 5.41) is 8.94. The van der Waals surface area contributed by atoms with Crippen LogP contribution in [-0.4, -0.2) is 39.0 Å². The molecule has 1 fully saturated rings. The fourth-order valence-corrected chi connectivity index (χ4v) is 3.03. The van der Waals surface area contributed by atoms with Crippen LogP contribution < -0.4 is 0 Å². The van der Waals surface area contributed by atoms with Gasteiger partial charge in [-0.05, 0) is 24.0 Å². The molecule has 1 aliphatic carbocycles. The summed E-state index contributed by atoms with van der Waals surface area (Å²) in [5.41, 5.74) is 1.76. The Hall–Kier alpha value is -1.20. The molecule has 4 nitrogen and oxygen atoms in total. The molecule has 2 rings (SSSR count). The van der Waals surface area contributed by atoms with Crippen molar-refractivity contribution in [3.63, 3.8) is 0 Å². The van der Waals surface area contributed by atoms with Gasteiger partial charge in [0.15, 0.2) is 0 Å². The van der Waals surface area contributed by atoms with Crippen molar-refractivity contribution in [2.24, 2.45) is 0 Å². The van der Waals surface area contributed by atoms with Crippen molar-refractivity contribution in [2.45, 2.75) is 31.2 Å². The quantitative estimate of drug-likeness (QED) is 0.848. The van der Waals surface area contributed by atoms with E-state index in [4.69, 9.17) is 5.11 Å². The maximum absolute atomic E-state index is 11.9. The van der Waals surface area contributed by atoms with Gasteiger partial charge in [0.05, 0.1) is 6.61 Å². The molecule has 0 spiro atoms. The topological polar surface area (TPSA) is 57.6 Å². The number of rotatable bonds is 6. The molecule has 1 saturated carbocycles. The fraction of sp³-hybridized carbons (Fsp3) is 0.500. The van der Waals surface area contributed by atoms with Gasteiger partial charge in [-0.25, -0.2) is 0 Å². The molecular formula is C14H19NO3S. The van der Waals surface area contributed by atoms with E-state index in [1.54, 1.807) is 11.9 Å². The fourth-order valence-electron chi connectivity index (χ4n) is 1.88. The first-order chi connectivity index (χ1) is 9.10. The first-order valence-corrected chi connectivity index (χ1v) is 7.88. The summed E-state index contributed by atoms with van der Waals surface area (Å²) in [5.74, 6) is 0.442. The van der Waals surface area contributed by atoms with E-state index in [1.807, 2.05) is 24.3 Å². The van der Waals surface area contributed by atoms with Gasteiger partial charge >= 0.3 is 0 Å². The molecule has 1 aliphatic rings. The van der Waals surface area contributed by atoms with Crippen LogP contribution in [0.15, 0.2) is 24.3 Å². The Morgan fingerprint density at radius 2 is 1.89 bits per heavy atom. The molecule has 1 amide bonds. The zero-order chi connectivity index (χ0) is 13.8. The SMILES string of the molecule is CN(C(=O)CS(=O)Cc1ccc(CO)cc1)C1CC1. The zero-order valence-electron chi connectivity index (χ0n) is 11.0. The van der Waals surface area contributed by atoms with Gasteiger partial charge in [0.25, 0.3) is 0 Å². The van der Waals surface area contributed by atoms with Crippen LogP contribution in [0.3, 0.4) is 0 Å². The van der Waals surface area contributed by atoms with Crippen molar-refractivity contribution in [3.05, 3.63) is 35.4 Å². The number of aliphatic hydroxyl groups excluding tert-OH is 1. The standard InChI is InChI=1S/C14H19NO3S/c1-15(13-6-7-13)14(17)10-19(18)9-12-4-2-11(8-16)3-5-12/h2-5,13,16H,6-10H2,1H3. The van der Waals surface area contributed by atoms with Crippen LogP contribution in [0.2, 0.25) is 0 Å². The minimum Gasteiger partial charge on any atom is -0.392 e. The molecule has 0 saturated heterocycles. The van der Waals surface area contributed by atoms with Gasteiger partial charge < -0.3 is 10.0 Å². The Labute approximate surface area is 115 Å². The summed E-state index contributed by atoms with van der Waals surface area (Å²) in [6.45, 7) is 0.00797. The van der Waals surface area contributed by atoms with Gasteiger partial charge in [-0.15, -0.1) is 0 Å². The Balaban J connectivity index is 1.84. The van der Waals surface area contributed by atoms with E-state index >= 15 is 0 Å². The molecule has 1 unspecified atom stereocenters. The van der Waals surface area contributed by atoms with E-state index in [9.17, 15) is 9.00 Å². The van der Waals surface area contributed by atoms with E-state index in [0.717, 1.165) is 24.0 Å². The second-order valence-corrected chi connectivity index (χ2v) is 6.40. The normalized spacial score (nSPS) is 16.1. The van der Waals surface area contributed by atoms with Crippen LogP contribution in [-0.2, 0) is 28.0 Å². The number of nitrogens with zero attached hydrogens (tertiary/aromatic N) is 1. The van der Waals surface area contributed by atoms with E-state index in [0.29, 0.717) is 11.8 Å². The third-order valence-electron chi connectivity index (χ3n) is 3.31.